The number of carbonyl (C=O) groups is 3. The number of methoxy groups -OCH3 is 1. The highest BCUT2D eigenvalue weighted by Gasteiger charge is 2.80. The fourth-order valence-electron chi connectivity index (χ4n) is 6.46. The Labute approximate surface area is 288 Å². The van der Waals surface area contributed by atoms with Crippen LogP contribution >= 0.6 is 0 Å². The molecule has 2 amide bonds. The number of allylic oxidation sites excluding steroid dienone is 9. The summed E-state index contributed by atoms with van der Waals surface area (Å²) >= 11 is 0. The van der Waals surface area contributed by atoms with Gasteiger partial charge in [0.2, 0.25) is 23.1 Å². The standard InChI is InChI=1S/C36H53N3O10/c1-22(26(5)39(46)47)17-13-11-14-18-23(2)30(41)34(7,8)32(43)37-20-16-12-15-19-28(40)24(3)21-29(48-10)36(45)25(4)31(42)38(9)35(36)27(6)49-33(35)44/h11-19,24-25,27-30,40-41,45H,20-21H2,1-10H3,(H,37,43)/b14-11-,16-12+,17-13+,19-15+,23-18-,26-22+/t24?,25?,27-,28?,29?,30?,35-,36?/m1/s1. The van der Waals surface area contributed by atoms with Crippen LogP contribution in [-0.4, -0.2) is 99.2 Å². The maximum absolute atomic E-state index is 12.9. The van der Waals surface area contributed by atoms with Crippen LogP contribution in [0.4, 0.5) is 0 Å². The summed E-state index contributed by atoms with van der Waals surface area (Å²) in [6, 6.07) is 0. The fraction of sp³-hybridized carbons (Fsp3) is 0.583. The first-order valence-electron chi connectivity index (χ1n) is 16.3. The second-order valence-electron chi connectivity index (χ2n) is 13.5. The number of rotatable bonds is 16. The molecule has 2 aliphatic rings. The van der Waals surface area contributed by atoms with Crippen LogP contribution in [-0.2, 0) is 23.9 Å². The van der Waals surface area contributed by atoms with E-state index in [1.807, 2.05) is 0 Å². The van der Waals surface area contributed by atoms with E-state index in [2.05, 4.69) is 5.32 Å². The molecule has 8 atom stereocenters. The van der Waals surface area contributed by atoms with Gasteiger partial charge in [-0.25, -0.2) is 4.79 Å². The quantitative estimate of drug-likeness (QED) is 0.0812. The van der Waals surface area contributed by atoms with Gasteiger partial charge in [0.05, 0.1) is 34.6 Å². The second kappa shape index (κ2) is 16.7. The van der Waals surface area contributed by atoms with Crippen LogP contribution in [0, 0.1) is 27.4 Å². The van der Waals surface area contributed by atoms with Gasteiger partial charge in [0.15, 0.2) is 0 Å². The van der Waals surface area contributed by atoms with Crippen LogP contribution in [0.15, 0.2) is 71.5 Å². The molecule has 6 unspecified atom stereocenters. The molecule has 2 heterocycles. The van der Waals surface area contributed by atoms with E-state index >= 15 is 0 Å². The summed E-state index contributed by atoms with van der Waals surface area (Å²) in [5, 5.41) is 47.2. The molecule has 49 heavy (non-hydrogen) atoms. The van der Waals surface area contributed by atoms with Crippen molar-refractivity contribution in [2.75, 3.05) is 20.7 Å². The molecule has 13 heteroatoms. The van der Waals surface area contributed by atoms with Gasteiger partial charge in [-0.1, -0.05) is 68.5 Å². The number of nitro groups is 1. The van der Waals surface area contributed by atoms with Gasteiger partial charge >= 0.3 is 5.97 Å². The molecule has 0 aliphatic carbocycles. The molecular weight excluding hydrogens is 634 g/mol. The van der Waals surface area contributed by atoms with Gasteiger partial charge in [-0.15, -0.1) is 0 Å². The monoisotopic (exact) mass is 687 g/mol. The fourth-order valence-corrected chi connectivity index (χ4v) is 6.46. The number of nitrogens with one attached hydrogen (secondary N) is 1. The maximum atomic E-state index is 12.9. The van der Waals surface area contributed by atoms with Crippen LogP contribution < -0.4 is 5.32 Å². The van der Waals surface area contributed by atoms with Crippen LogP contribution in [0.25, 0.3) is 0 Å². The minimum Gasteiger partial charge on any atom is -0.457 e. The zero-order valence-corrected chi connectivity index (χ0v) is 30.2. The zero-order valence-electron chi connectivity index (χ0n) is 30.2. The molecule has 272 valence electrons. The number of hydrogen-bond acceptors (Lipinski definition) is 10. The van der Waals surface area contributed by atoms with E-state index in [0.717, 1.165) is 0 Å². The van der Waals surface area contributed by atoms with E-state index in [0.29, 0.717) is 11.1 Å². The highest BCUT2D eigenvalue weighted by molar-refractivity contribution is 5.99. The number of carbonyl (C=O) groups excluding carboxylic acids is 3. The molecule has 2 saturated heterocycles. The van der Waals surface area contributed by atoms with Crippen LogP contribution in [0.1, 0.15) is 61.8 Å². The molecule has 0 saturated carbocycles. The Balaban J connectivity index is 1.95. The Hall–Kier alpha value is -3.91. The van der Waals surface area contributed by atoms with Crippen molar-refractivity contribution < 1.29 is 44.1 Å². The summed E-state index contributed by atoms with van der Waals surface area (Å²) in [7, 11) is 2.87. The lowest BCUT2D eigenvalue weighted by atomic mass is 9.65. The average molecular weight is 688 g/mol. The topological polar surface area (TPSA) is 189 Å². The number of cyclic esters (lactones) is 1. The van der Waals surface area contributed by atoms with Crippen molar-refractivity contribution in [1.82, 2.24) is 10.2 Å². The smallest absolute Gasteiger partial charge is 0.339 e. The third kappa shape index (κ3) is 8.12. The lowest BCUT2D eigenvalue weighted by Gasteiger charge is -2.55. The van der Waals surface area contributed by atoms with E-state index in [9.17, 15) is 39.8 Å². The van der Waals surface area contributed by atoms with Gasteiger partial charge < -0.3 is 35.0 Å². The van der Waals surface area contributed by atoms with E-state index in [-0.39, 0.29) is 24.6 Å². The van der Waals surface area contributed by atoms with Gasteiger partial charge in [0.25, 0.3) is 0 Å². The molecule has 4 N–H and O–H groups in total. The predicted molar refractivity (Wildman–Crippen MR) is 184 cm³/mol. The minimum absolute atomic E-state index is 0.0567. The van der Waals surface area contributed by atoms with Crippen molar-refractivity contribution >= 4 is 17.8 Å². The Morgan fingerprint density at radius 1 is 1.14 bits per heavy atom. The highest BCUT2D eigenvalue weighted by atomic mass is 16.6. The maximum Gasteiger partial charge on any atom is 0.339 e. The second-order valence-corrected chi connectivity index (χ2v) is 13.5. The number of hydrogen-bond donors (Lipinski definition) is 4. The normalized spacial score (nSPS) is 27.9. The Morgan fingerprint density at radius 2 is 1.78 bits per heavy atom. The molecule has 2 rings (SSSR count). The van der Waals surface area contributed by atoms with Crippen molar-refractivity contribution in [2.45, 2.75) is 97.4 Å². The number of aliphatic hydroxyl groups excluding tert-OH is 2. The van der Waals surface area contributed by atoms with Crippen LogP contribution in [0.2, 0.25) is 0 Å². The predicted octanol–water partition coefficient (Wildman–Crippen LogP) is 3.16. The van der Waals surface area contributed by atoms with Crippen molar-refractivity contribution in [3.05, 3.63) is 81.6 Å². The summed E-state index contributed by atoms with van der Waals surface area (Å²) in [6.07, 6.45) is 11.2. The molecule has 0 aromatic carbocycles. The number of amides is 2. The number of likely N-dealkylation sites (N-methyl/N-ethyl adjacent to an activating group) is 1. The van der Waals surface area contributed by atoms with Gasteiger partial charge in [0.1, 0.15) is 11.7 Å². The first-order valence-corrected chi connectivity index (χ1v) is 16.3. The van der Waals surface area contributed by atoms with Crippen LogP contribution in [0.5, 0.6) is 0 Å². The molecule has 0 aromatic heterocycles. The SMILES string of the molecule is COC(CC(C)C(O)/C=C/C=C/CNC(=O)C(C)(C)C(O)\C(C)=C/C=C\C=C\C(C)=C(/C)[N+](=O)[O-])C1(O)C(C)C(=O)N(C)[C@]12C(=O)O[C@@H]2C. The molecule has 13 nitrogen and oxygen atoms in total. The van der Waals surface area contributed by atoms with Crippen molar-refractivity contribution in [3.8, 4) is 0 Å². The molecule has 1 spiro atoms. The largest absolute Gasteiger partial charge is 0.457 e. The third-order valence-corrected chi connectivity index (χ3v) is 10.0. The van der Waals surface area contributed by atoms with E-state index < -0.39 is 69.6 Å². The number of nitrogens with zero attached hydrogens (tertiary/aromatic N) is 2. The highest BCUT2D eigenvalue weighted by Crippen LogP contribution is 2.54. The van der Waals surface area contributed by atoms with Gasteiger partial charge in [0, 0.05) is 33.2 Å². The summed E-state index contributed by atoms with van der Waals surface area (Å²) in [4.78, 5) is 50.2. The molecule has 0 aromatic rings. The van der Waals surface area contributed by atoms with E-state index in [4.69, 9.17) is 9.47 Å². The molecule has 0 bridgehead atoms. The molecular formula is C36H53N3O10. The minimum atomic E-state index is -1.87. The number of aliphatic hydroxyl groups is 3. The van der Waals surface area contributed by atoms with Gasteiger partial charge in [-0.05, 0) is 52.5 Å². The van der Waals surface area contributed by atoms with Crippen molar-refractivity contribution in [1.29, 1.82) is 0 Å². The van der Waals surface area contributed by atoms with Crippen LogP contribution in [0.3, 0.4) is 0 Å². The summed E-state index contributed by atoms with van der Waals surface area (Å²) in [6.45, 7) is 13.2. The third-order valence-electron chi connectivity index (χ3n) is 10.0. The average Bonchev–Trinajstić information content (AvgIpc) is 3.22. The van der Waals surface area contributed by atoms with Gasteiger partial charge in [-0.3, -0.25) is 19.7 Å². The van der Waals surface area contributed by atoms with Gasteiger partial charge in [-0.2, -0.15) is 0 Å². The first kappa shape index (κ1) is 41.3. The molecule has 2 aliphatic heterocycles. The van der Waals surface area contributed by atoms with Crippen molar-refractivity contribution in [3.63, 3.8) is 0 Å². The number of esters is 1. The first-order chi connectivity index (χ1) is 22.7. The molecule has 0 radical (unpaired) electrons. The molecule has 2 fully saturated rings. The Bertz CT molecular complexity index is 1440. The lowest BCUT2D eigenvalue weighted by molar-refractivity contribution is -0.425. The lowest BCUT2D eigenvalue weighted by Crippen LogP contribution is -2.80. The van der Waals surface area contributed by atoms with Crippen molar-refractivity contribution in [2.24, 2.45) is 17.3 Å². The summed E-state index contributed by atoms with van der Waals surface area (Å²) < 4.78 is 10.9. The number of ether oxygens (including phenoxy) is 2. The summed E-state index contributed by atoms with van der Waals surface area (Å²) in [5.41, 5.74) is -3.46. The Morgan fingerprint density at radius 3 is 2.33 bits per heavy atom. The van der Waals surface area contributed by atoms with E-state index in [1.165, 1.54) is 26.0 Å². The zero-order chi connectivity index (χ0) is 37.5. The van der Waals surface area contributed by atoms with E-state index in [1.54, 1.807) is 103 Å². The Kier molecular flexibility index (Phi) is 14.0. The number of likely N-dealkylation sites (tertiary alicyclic amines) is 1. The summed E-state index contributed by atoms with van der Waals surface area (Å²) in [5.74, 6) is -2.82.